The SMILES string of the molecule is c1ccc(C[C@H]2COC(c3ccccc3C(c3ccccc3)c3ccccc3)=N2)cc1. The van der Waals surface area contributed by atoms with Crippen LogP contribution in [0.15, 0.2) is 120 Å². The van der Waals surface area contributed by atoms with Gasteiger partial charge in [-0.1, -0.05) is 109 Å². The molecule has 0 aliphatic carbocycles. The summed E-state index contributed by atoms with van der Waals surface area (Å²) in [4.78, 5) is 4.98. The van der Waals surface area contributed by atoms with E-state index in [-0.39, 0.29) is 12.0 Å². The maximum atomic E-state index is 6.14. The Labute approximate surface area is 183 Å². The van der Waals surface area contributed by atoms with E-state index in [9.17, 15) is 0 Å². The highest BCUT2D eigenvalue weighted by Gasteiger charge is 2.26. The summed E-state index contributed by atoms with van der Waals surface area (Å²) in [6, 6.07) is 40.5. The van der Waals surface area contributed by atoms with E-state index in [4.69, 9.17) is 9.73 Å². The van der Waals surface area contributed by atoms with Gasteiger partial charge < -0.3 is 4.74 Å². The van der Waals surface area contributed by atoms with Crippen molar-refractivity contribution in [2.24, 2.45) is 4.99 Å². The summed E-state index contributed by atoms with van der Waals surface area (Å²) in [6.45, 7) is 0.625. The third-order valence-electron chi connectivity index (χ3n) is 5.79. The topological polar surface area (TPSA) is 21.6 Å². The fourth-order valence-electron chi connectivity index (χ4n) is 4.34. The molecule has 0 fully saturated rings. The lowest BCUT2D eigenvalue weighted by Gasteiger charge is -2.21. The zero-order chi connectivity index (χ0) is 20.9. The highest BCUT2D eigenvalue weighted by molar-refractivity contribution is 5.97. The van der Waals surface area contributed by atoms with Crippen LogP contribution in [0.25, 0.3) is 0 Å². The third kappa shape index (κ3) is 4.29. The molecule has 0 radical (unpaired) electrons. The van der Waals surface area contributed by atoms with E-state index < -0.39 is 0 Å². The first kappa shape index (κ1) is 19.3. The van der Waals surface area contributed by atoms with Gasteiger partial charge in [-0.2, -0.15) is 0 Å². The minimum Gasteiger partial charge on any atom is -0.475 e. The van der Waals surface area contributed by atoms with E-state index in [1.807, 2.05) is 6.07 Å². The van der Waals surface area contributed by atoms with E-state index in [1.165, 1.54) is 22.3 Å². The number of hydrogen-bond donors (Lipinski definition) is 0. The largest absolute Gasteiger partial charge is 0.475 e. The van der Waals surface area contributed by atoms with Gasteiger partial charge in [-0.15, -0.1) is 0 Å². The Kier molecular flexibility index (Phi) is 5.62. The molecule has 2 heteroatoms. The molecule has 152 valence electrons. The Morgan fingerprint density at radius 2 is 1.23 bits per heavy atom. The third-order valence-corrected chi connectivity index (χ3v) is 5.79. The summed E-state index contributed by atoms with van der Waals surface area (Å²) in [7, 11) is 0. The van der Waals surface area contributed by atoms with Gasteiger partial charge in [-0.3, -0.25) is 0 Å². The Hall–Kier alpha value is -3.65. The molecule has 0 unspecified atom stereocenters. The Morgan fingerprint density at radius 1 is 0.677 bits per heavy atom. The van der Waals surface area contributed by atoms with E-state index in [0.717, 1.165) is 17.9 Å². The first-order chi connectivity index (χ1) is 15.4. The number of hydrogen-bond acceptors (Lipinski definition) is 2. The molecule has 31 heavy (non-hydrogen) atoms. The van der Waals surface area contributed by atoms with Crippen LogP contribution in [0.1, 0.15) is 33.7 Å². The standard InChI is InChI=1S/C29H25NO/c1-4-12-22(13-5-1)20-25-21-31-29(30-25)27-19-11-10-18-26(27)28(23-14-6-2-7-15-23)24-16-8-3-9-17-24/h1-19,25,28H,20-21H2/t25-/m0/s1. The molecule has 1 atom stereocenters. The number of nitrogens with zero attached hydrogens (tertiary/aromatic N) is 1. The van der Waals surface area contributed by atoms with Crippen molar-refractivity contribution in [2.45, 2.75) is 18.4 Å². The van der Waals surface area contributed by atoms with E-state index >= 15 is 0 Å². The second-order valence-corrected chi connectivity index (χ2v) is 7.93. The van der Waals surface area contributed by atoms with Gasteiger partial charge in [0.15, 0.2) is 0 Å². The second-order valence-electron chi connectivity index (χ2n) is 7.93. The molecule has 0 saturated heterocycles. The molecule has 1 aliphatic heterocycles. The first-order valence-corrected chi connectivity index (χ1v) is 10.8. The van der Waals surface area contributed by atoms with Crippen molar-refractivity contribution < 1.29 is 4.74 Å². The van der Waals surface area contributed by atoms with Crippen LogP contribution in [0.5, 0.6) is 0 Å². The predicted molar refractivity (Wildman–Crippen MR) is 127 cm³/mol. The van der Waals surface area contributed by atoms with Gasteiger partial charge in [-0.25, -0.2) is 4.99 Å². The zero-order valence-corrected chi connectivity index (χ0v) is 17.4. The molecule has 0 spiro atoms. The monoisotopic (exact) mass is 403 g/mol. The Balaban J connectivity index is 1.53. The van der Waals surface area contributed by atoms with Crippen LogP contribution >= 0.6 is 0 Å². The molecule has 1 aliphatic rings. The molecule has 4 aromatic carbocycles. The van der Waals surface area contributed by atoms with Crippen LogP contribution in [0.2, 0.25) is 0 Å². The van der Waals surface area contributed by atoms with Crippen molar-refractivity contribution in [3.8, 4) is 0 Å². The van der Waals surface area contributed by atoms with Gasteiger partial charge in [0, 0.05) is 11.5 Å². The first-order valence-electron chi connectivity index (χ1n) is 10.8. The Morgan fingerprint density at radius 3 is 1.87 bits per heavy atom. The molecular formula is C29H25NO. The summed E-state index contributed by atoms with van der Waals surface area (Å²) < 4.78 is 6.14. The van der Waals surface area contributed by atoms with Gasteiger partial charge in [0.1, 0.15) is 6.61 Å². The van der Waals surface area contributed by atoms with Crippen LogP contribution in [0.3, 0.4) is 0 Å². The molecule has 0 N–H and O–H groups in total. The lowest BCUT2D eigenvalue weighted by atomic mass is 9.83. The van der Waals surface area contributed by atoms with Crippen molar-refractivity contribution >= 4 is 5.90 Å². The van der Waals surface area contributed by atoms with Gasteiger partial charge >= 0.3 is 0 Å². The molecule has 0 aromatic heterocycles. The summed E-state index contributed by atoms with van der Waals surface area (Å²) in [5.74, 6) is 0.881. The molecule has 0 bridgehead atoms. The van der Waals surface area contributed by atoms with Gasteiger partial charge in [0.25, 0.3) is 0 Å². The lowest BCUT2D eigenvalue weighted by molar-refractivity contribution is 0.316. The van der Waals surface area contributed by atoms with Crippen molar-refractivity contribution in [2.75, 3.05) is 6.61 Å². The molecular weight excluding hydrogens is 378 g/mol. The number of benzene rings is 4. The van der Waals surface area contributed by atoms with Gasteiger partial charge in [-0.05, 0) is 34.7 Å². The zero-order valence-electron chi connectivity index (χ0n) is 17.4. The fraction of sp³-hybridized carbons (Fsp3) is 0.138. The van der Waals surface area contributed by atoms with Crippen molar-refractivity contribution in [3.63, 3.8) is 0 Å². The van der Waals surface area contributed by atoms with E-state index in [2.05, 4.69) is 109 Å². The maximum Gasteiger partial charge on any atom is 0.216 e. The van der Waals surface area contributed by atoms with Crippen LogP contribution < -0.4 is 0 Å². The minimum atomic E-state index is 0.123. The summed E-state index contributed by atoms with van der Waals surface area (Å²) in [5.41, 5.74) is 6.12. The van der Waals surface area contributed by atoms with Gasteiger partial charge in [0.2, 0.25) is 5.90 Å². The second kappa shape index (κ2) is 9.01. The molecule has 0 saturated carbocycles. The Bertz CT molecular complexity index is 1110. The van der Waals surface area contributed by atoms with Gasteiger partial charge in [0.05, 0.1) is 6.04 Å². The molecule has 4 aromatic rings. The fourth-order valence-corrected chi connectivity index (χ4v) is 4.34. The summed E-state index contributed by atoms with van der Waals surface area (Å²) in [5, 5.41) is 0. The molecule has 1 heterocycles. The van der Waals surface area contributed by atoms with Crippen LogP contribution in [-0.2, 0) is 11.2 Å². The van der Waals surface area contributed by atoms with Crippen molar-refractivity contribution in [3.05, 3.63) is 143 Å². The predicted octanol–water partition coefficient (Wildman–Crippen LogP) is 6.25. The maximum absolute atomic E-state index is 6.14. The number of aliphatic imine (C=N–C) groups is 1. The van der Waals surface area contributed by atoms with Crippen LogP contribution in [0.4, 0.5) is 0 Å². The molecule has 2 nitrogen and oxygen atoms in total. The van der Waals surface area contributed by atoms with E-state index in [1.54, 1.807) is 0 Å². The average Bonchev–Trinajstić information content (AvgIpc) is 3.30. The lowest BCUT2D eigenvalue weighted by Crippen LogP contribution is -2.11. The quantitative estimate of drug-likeness (QED) is 0.349. The van der Waals surface area contributed by atoms with Crippen molar-refractivity contribution in [1.82, 2.24) is 0 Å². The molecule has 5 rings (SSSR count). The molecule has 0 amide bonds. The normalized spacial score (nSPS) is 15.5. The van der Waals surface area contributed by atoms with Crippen LogP contribution in [-0.4, -0.2) is 18.5 Å². The van der Waals surface area contributed by atoms with E-state index in [0.29, 0.717) is 6.61 Å². The average molecular weight is 404 g/mol. The summed E-state index contributed by atoms with van der Waals surface area (Å²) >= 11 is 0. The van der Waals surface area contributed by atoms with Crippen molar-refractivity contribution in [1.29, 1.82) is 0 Å². The smallest absolute Gasteiger partial charge is 0.216 e. The highest BCUT2D eigenvalue weighted by atomic mass is 16.5. The van der Waals surface area contributed by atoms with Crippen LogP contribution in [0, 0.1) is 0 Å². The summed E-state index contributed by atoms with van der Waals surface area (Å²) in [6.07, 6.45) is 0.896. The number of rotatable bonds is 6. The highest BCUT2D eigenvalue weighted by Crippen LogP contribution is 2.34. The number of ether oxygens (including phenoxy) is 1. The minimum absolute atomic E-state index is 0.123.